The molecule has 2 rings (SSSR count). The van der Waals surface area contributed by atoms with Gasteiger partial charge >= 0.3 is 0 Å². The quantitative estimate of drug-likeness (QED) is 0.767. The number of nitrogens with one attached hydrogen (secondary N) is 1. The lowest BCUT2D eigenvalue weighted by atomic mass is 9.93. The molecule has 1 aliphatic heterocycles. The third-order valence-electron chi connectivity index (χ3n) is 4.89. The molecule has 2 unspecified atom stereocenters. The van der Waals surface area contributed by atoms with E-state index in [1.165, 1.54) is 32.4 Å². The summed E-state index contributed by atoms with van der Waals surface area (Å²) in [6.45, 7) is 11.1. The van der Waals surface area contributed by atoms with E-state index in [9.17, 15) is 5.26 Å². The second kappa shape index (κ2) is 6.24. The van der Waals surface area contributed by atoms with Crippen molar-refractivity contribution in [3.63, 3.8) is 0 Å². The Bertz CT molecular complexity index is 329. The number of nitrogens with zero attached hydrogens (tertiary/aromatic N) is 2. The van der Waals surface area contributed by atoms with Crippen LogP contribution in [0.4, 0.5) is 0 Å². The summed E-state index contributed by atoms with van der Waals surface area (Å²) in [5.41, 5.74) is -0.276. The molecule has 0 spiro atoms. The van der Waals surface area contributed by atoms with E-state index in [-0.39, 0.29) is 5.54 Å². The third kappa shape index (κ3) is 3.49. The van der Waals surface area contributed by atoms with E-state index < -0.39 is 0 Å². The molecule has 0 aromatic heterocycles. The topological polar surface area (TPSA) is 39.1 Å². The summed E-state index contributed by atoms with van der Waals surface area (Å²) >= 11 is 0. The second-order valence-corrected chi connectivity index (χ2v) is 6.81. The number of hydrogen-bond acceptors (Lipinski definition) is 3. The molecule has 2 aliphatic rings. The van der Waals surface area contributed by atoms with Crippen molar-refractivity contribution in [3.05, 3.63) is 0 Å². The minimum absolute atomic E-state index is 0.276. The molecule has 1 saturated carbocycles. The third-order valence-corrected chi connectivity index (χ3v) is 4.89. The standard InChI is InChI=1S/C16H29N3/c1-4-8-18-16(11-17,15-5-6-15)12-19-9-7-14(10-19)13(2)3/h13-15,18H,4-10,12H2,1-3H3. The van der Waals surface area contributed by atoms with Gasteiger partial charge in [-0.15, -0.1) is 0 Å². The molecule has 2 fully saturated rings. The van der Waals surface area contributed by atoms with Gasteiger partial charge in [0.15, 0.2) is 0 Å². The average Bonchev–Trinajstić information content (AvgIpc) is 3.15. The minimum Gasteiger partial charge on any atom is -0.300 e. The molecule has 0 aromatic rings. The van der Waals surface area contributed by atoms with Crippen LogP contribution in [-0.4, -0.2) is 36.6 Å². The van der Waals surface area contributed by atoms with Gasteiger partial charge in [-0.05, 0) is 56.5 Å². The van der Waals surface area contributed by atoms with Crippen molar-refractivity contribution in [2.24, 2.45) is 17.8 Å². The summed E-state index contributed by atoms with van der Waals surface area (Å²) in [5.74, 6) is 2.18. The van der Waals surface area contributed by atoms with E-state index in [0.717, 1.165) is 31.3 Å². The molecule has 1 heterocycles. The van der Waals surface area contributed by atoms with Crippen LogP contribution in [0.1, 0.15) is 46.5 Å². The fraction of sp³-hybridized carbons (Fsp3) is 0.938. The summed E-state index contributed by atoms with van der Waals surface area (Å²) < 4.78 is 0. The predicted molar refractivity (Wildman–Crippen MR) is 78.7 cm³/mol. The van der Waals surface area contributed by atoms with Crippen LogP contribution in [0.3, 0.4) is 0 Å². The Morgan fingerprint density at radius 1 is 1.37 bits per heavy atom. The zero-order valence-corrected chi connectivity index (χ0v) is 12.8. The van der Waals surface area contributed by atoms with Crippen LogP contribution in [0.15, 0.2) is 0 Å². The molecule has 108 valence electrons. The summed E-state index contributed by atoms with van der Waals surface area (Å²) in [6, 6.07) is 2.63. The van der Waals surface area contributed by atoms with Crippen molar-refractivity contribution in [3.8, 4) is 6.07 Å². The van der Waals surface area contributed by atoms with E-state index >= 15 is 0 Å². The lowest BCUT2D eigenvalue weighted by Crippen LogP contribution is -2.54. The van der Waals surface area contributed by atoms with Crippen LogP contribution >= 0.6 is 0 Å². The van der Waals surface area contributed by atoms with Gasteiger partial charge in [-0.3, -0.25) is 5.32 Å². The highest BCUT2D eigenvalue weighted by molar-refractivity contribution is 5.17. The average molecular weight is 263 g/mol. The molecular formula is C16H29N3. The maximum absolute atomic E-state index is 9.71. The second-order valence-electron chi connectivity index (χ2n) is 6.81. The predicted octanol–water partition coefficient (Wildman–Crippen LogP) is 2.64. The van der Waals surface area contributed by atoms with Gasteiger partial charge in [0.05, 0.1) is 6.07 Å². The van der Waals surface area contributed by atoms with Gasteiger partial charge in [-0.25, -0.2) is 0 Å². The number of nitriles is 1. The molecule has 0 radical (unpaired) electrons. The van der Waals surface area contributed by atoms with Gasteiger partial charge in [0.25, 0.3) is 0 Å². The largest absolute Gasteiger partial charge is 0.300 e. The fourth-order valence-corrected chi connectivity index (χ4v) is 3.32. The first-order chi connectivity index (χ1) is 9.11. The zero-order chi connectivity index (χ0) is 13.9. The van der Waals surface area contributed by atoms with E-state index in [2.05, 4.69) is 37.1 Å². The normalized spacial score (nSPS) is 27.4. The van der Waals surface area contributed by atoms with E-state index in [1.807, 2.05) is 0 Å². The highest BCUT2D eigenvalue weighted by Gasteiger charge is 2.47. The maximum atomic E-state index is 9.71. The van der Waals surface area contributed by atoms with Crippen molar-refractivity contribution < 1.29 is 0 Å². The lowest BCUT2D eigenvalue weighted by molar-refractivity contribution is 0.217. The van der Waals surface area contributed by atoms with Gasteiger partial charge < -0.3 is 4.90 Å². The Morgan fingerprint density at radius 2 is 2.11 bits per heavy atom. The van der Waals surface area contributed by atoms with Crippen molar-refractivity contribution in [2.45, 2.75) is 52.0 Å². The Morgan fingerprint density at radius 3 is 2.58 bits per heavy atom. The van der Waals surface area contributed by atoms with Crippen LogP contribution in [0, 0.1) is 29.1 Å². The molecule has 3 heteroatoms. The summed E-state index contributed by atoms with van der Waals surface area (Å²) in [6.07, 6.45) is 4.86. The van der Waals surface area contributed by atoms with Crippen molar-refractivity contribution >= 4 is 0 Å². The van der Waals surface area contributed by atoms with Crippen molar-refractivity contribution in [1.82, 2.24) is 10.2 Å². The number of hydrogen-bond donors (Lipinski definition) is 1. The monoisotopic (exact) mass is 263 g/mol. The van der Waals surface area contributed by atoms with Gasteiger partial charge in [-0.2, -0.15) is 5.26 Å². The fourth-order valence-electron chi connectivity index (χ4n) is 3.32. The van der Waals surface area contributed by atoms with Crippen LogP contribution in [0.2, 0.25) is 0 Å². The first kappa shape index (κ1) is 14.8. The minimum atomic E-state index is -0.276. The molecular weight excluding hydrogens is 234 g/mol. The van der Waals surface area contributed by atoms with E-state index in [0.29, 0.717) is 5.92 Å². The first-order valence-corrected chi connectivity index (χ1v) is 8.00. The summed E-state index contributed by atoms with van der Waals surface area (Å²) in [7, 11) is 0. The summed E-state index contributed by atoms with van der Waals surface area (Å²) in [5, 5.41) is 13.3. The Balaban J connectivity index is 1.95. The molecule has 1 aliphatic carbocycles. The smallest absolute Gasteiger partial charge is 0.122 e. The molecule has 0 bridgehead atoms. The van der Waals surface area contributed by atoms with Gasteiger partial charge in [-0.1, -0.05) is 20.8 Å². The molecule has 0 aromatic carbocycles. The first-order valence-electron chi connectivity index (χ1n) is 8.00. The Hall–Kier alpha value is -0.590. The van der Waals surface area contributed by atoms with Crippen LogP contribution in [0.5, 0.6) is 0 Å². The van der Waals surface area contributed by atoms with Crippen LogP contribution in [0.25, 0.3) is 0 Å². The van der Waals surface area contributed by atoms with Crippen LogP contribution in [-0.2, 0) is 0 Å². The molecule has 1 saturated heterocycles. The maximum Gasteiger partial charge on any atom is 0.122 e. The number of rotatable bonds is 7. The number of likely N-dealkylation sites (tertiary alicyclic amines) is 1. The molecule has 0 amide bonds. The summed E-state index contributed by atoms with van der Waals surface area (Å²) in [4.78, 5) is 2.52. The lowest BCUT2D eigenvalue weighted by Gasteiger charge is -2.32. The highest BCUT2D eigenvalue weighted by atomic mass is 15.2. The SMILES string of the molecule is CCCNC(C#N)(CN1CCC(C(C)C)C1)C1CC1. The van der Waals surface area contributed by atoms with Crippen LogP contribution < -0.4 is 5.32 Å². The zero-order valence-electron chi connectivity index (χ0n) is 12.8. The molecule has 3 nitrogen and oxygen atoms in total. The highest BCUT2D eigenvalue weighted by Crippen LogP contribution is 2.40. The Kier molecular flexibility index (Phi) is 4.86. The molecule has 1 N–H and O–H groups in total. The molecule has 2 atom stereocenters. The van der Waals surface area contributed by atoms with Gasteiger partial charge in [0, 0.05) is 13.1 Å². The van der Waals surface area contributed by atoms with E-state index in [4.69, 9.17) is 0 Å². The van der Waals surface area contributed by atoms with Crippen molar-refractivity contribution in [2.75, 3.05) is 26.2 Å². The van der Waals surface area contributed by atoms with E-state index in [1.54, 1.807) is 0 Å². The van der Waals surface area contributed by atoms with Gasteiger partial charge in [0.1, 0.15) is 5.54 Å². The Labute approximate surface area is 118 Å². The van der Waals surface area contributed by atoms with Gasteiger partial charge in [0.2, 0.25) is 0 Å². The van der Waals surface area contributed by atoms with Crippen molar-refractivity contribution in [1.29, 1.82) is 5.26 Å². The molecule has 19 heavy (non-hydrogen) atoms.